The fourth-order valence-corrected chi connectivity index (χ4v) is 2.22. The van der Waals surface area contributed by atoms with Gasteiger partial charge in [0.2, 0.25) is 0 Å². The van der Waals surface area contributed by atoms with Crippen LogP contribution in [0.15, 0.2) is 35.2 Å². The van der Waals surface area contributed by atoms with Crippen LogP contribution in [0.3, 0.4) is 0 Å². The summed E-state index contributed by atoms with van der Waals surface area (Å²) in [5.41, 5.74) is 2.22. The highest BCUT2D eigenvalue weighted by Crippen LogP contribution is 2.26. The van der Waals surface area contributed by atoms with Gasteiger partial charge in [-0.05, 0) is 44.0 Å². The molecule has 2 heterocycles. The first-order chi connectivity index (χ1) is 10.2. The van der Waals surface area contributed by atoms with Crippen LogP contribution in [0.1, 0.15) is 49.6 Å². The number of furan rings is 1. The lowest BCUT2D eigenvalue weighted by molar-refractivity contribution is 0.315. The monoisotopic (exact) mass is 288 g/mol. The Bertz CT molecular complexity index is 551. The number of nitrogens with zero attached hydrogens (tertiary/aromatic N) is 1. The van der Waals surface area contributed by atoms with Gasteiger partial charge in [0, 0.05) is 11.8 Å². The highest BCUT2D eigenvalue weighted by molar-refractivity contribution is 5.33. The summed E-state index contributed by atoms with van der Waals surface area (Å²) in [7, 11) is 0. The Kier molecular flexibility index (Phi) is 5.81. The number of hydrogen-bond donors (Lipinski definition) is 1. The van der Waals surface area contributed by atoms with Gasteiger partial charge < -0.3 is 14.5 Å². The first kappa shape index (κ1) is 15.6. The van der Waals surface area contributed by atoms with E-state index in [0.29, 0.717) is 6.61 Å². The van der Waals surface area contributed by atoms with Gasteiger partial charge in [0.15, 0.2) is 0 Å². The van der Waals surface area contributed by atoms with Gasteiger partial charge in [0.25, 0.3) is 0 Å². The summed E-state index contributed by atoms with van der Waals surface area (Å²) >= 11 is 0. The van der Waals surface area contributed by atoms with Crippen LogP contribution in [-0.2, 0) is 0 Å². The molecule has 0 bridgehead atoms. The fourth-order valence-electron chi connectivity index (χ4n) is 2.22. The Morgan fingerprint density at radius 3 is 2.71 bits per heavy atom. The van der Waals surface area contributed by atoms with Crippen molar-refractivity contribution in [2.75, 3.05) is 13.2 Å². The minimum absolute atomic E-state index is 0.0834. The van der Waals surface area contributed by atoms with Crippen LogP contribution in [0.2, 0.25) is 0 Å². The van der Waals surface area contributed by atoms with Crippen molar-refractivity contribution in [2.45, 2.75) is 39.7 Å². The van der Waals surface area contributed by atoms with E-state index in [-0.39, 0.29) is 6.04 Å². The molecule has 0 aliphatic carbocycles. The Hall–Kier alpha value is -1.81. The standard InChI is InChI=1S/C17H24N2O2/c1-4-6-19-17(15-8-13(3)21-12-15)14-9-16(11-18-10-14)20-7-5-2/h8-12,17,19H,4-7H2,1-3H3. The third-order valence-corrected chi connectivity index (χ3v) is 3.22. The number of rotatable bonds is 8. The second kappa shape index (κ2) is 7.84. The summed E-state index contributed by atoms with van der Waals surface area (Å²) in [6.45, 7) is 7.86. The maximum atomic E-state index is 5.68. The molecule has 114 valence electrons. The molecule has 0 radical (unpaired) electrons. The molecular formula is C17H24N2O2. The summed E-state index contributed by atoms with van der Waals surface area (Å²) in [6.07, 6.45) is 7.52. The van der Waals surface area contributed by atoms with Crippen molar-refractivity contribution in [3.05, 3.63) is 47.7 Å². The Labute approximate surface area is 126 Å². The van der Waals surface area contributed by atoms with Gasteiger partial charge in [-0.1, -0.05) is 13.8 Å². The van der Waals surface area contributed by atoms with E-state index in [4.69, 9.17) is 9.15 Å². The van der Waals surface area contributed by atoms with Gasteiger partial charge in [-0.2, -0.15) is 0 Å². The van der Waals surface area contributed by atoms with Crippen molar-refractivity contribution in [2.24, 2.45) is 0 Å². The lowest BCUT2D eigenvalue weighted by Gasteiger charge is -2.18. The number of aryl methyl sites for hydroxylation is 1. The predicted octanol–water partition coefficient (Wildman–Crippen LogP) is 3.86. The zero-order chi connectivity index (χ0) is 15.1. The van der Waals surface area contributed by atoms with Gasteiger partial charge >= 0.3 is 0 Å². The van der Waals surface area contributed by atoms with Crippen LogP contribution in [0, 0.1) is 6.92 Å². The van der Waals surface area contributed by atoms with E-state index in [1.54, 1.807) is 6.20 Å². The molecule has 2 aromatic heterocycles. The predicted molar refractivity (Wildman–Crippen MR) is 83.6 cm³/mol. The van der Waals surface area contributed by atoms with E-state index < -0.39 is 0 Å². The lowest BCUT2D eigenvalue weighted by Crippen LogP contribution is -2.23. The van der Waals surface area contributed by atoms with Gasteiger partial charge in [0.05, 0.1) is 25.1 Å². The van der Waals surface area contributed by atoms with E-state index >= 15 is 0 Å². The summed E-state index contributed by atoms with van der Waals surface area (Å²) in [5, 5.41) is 3.54. The SMILES string of the molecule is CCCNC(c1cncc(OCCC)c1)c1coc(C)c1. The number of nitrogens with one attached hydrogen (secondary N) is 1. The van der Waals surface area contributed by atoms with Crippen LogP contribution in [0.5, 0.6) is 5.75 Å². The normalized spacial score (nSPS) is 12.3. The molecule has 0 aliphatic rings. The first-order valence-electron chi connectivity index (χ1n) is 7.60. The Morgan fingerprint density at radius 1 is 1.19 bits per heavy atom. The fraction of sp³-hybridized carbons (Fsp3) is 0.471. The van der Waals surface area contributed by atoms with Crippen molar-refractivity contribution in [3.63, 3.8) is 0 Å². The van der Waals surface area contributed by atoms with Crippen molar-refractivity contribution >= 4 is 0 Å². The molecule has 0 saturated carbocycles. The molecule has 1 unspecified atom stereocenters. The molecule has 0 spiro atoms. The average Bonchev–Trinajstić information content (AvgIpc) is 2.92. The zero-order valence-corrected chi connectivity index (χ0v) is 13.1. The second-order valence-corrected chi connectivity index (χ2v) is 5.18. The Balaban J connectivity index is 2.23. The van der Waals surface area contributed by atoms with Crippen molar-refractivity contribution < 1.29 is 9.15 Å². The van der Waals surface area contributed by atoms with Gasteiger partial charge in [0.1, 0.15) is 11.5 Å². The largest absolute Gasteiger partial charge is 0.492 e. The topological polar surface area (TPSA) is 47.3 Å². The van der Waals surface area contributed by atoms with Crippen molar-refractivity contribution in [3.8, 4) is 5.75 Å². The summed E-state index contributed by atoms with van der Waals surface area (Å²) in [5.74, 6) is 1.73. The molecule has 0 aromatic carbocycles. The minimum atomic E-state index is 0.0834. The third-order valence-electron chi connectivity index (χ3n) is 3.22. The van der Waals surface area contributed by atoms with Crippen LogP contribution < -0.4 is 10.1 Å². The first-order valence-corrected chi connectivity index (χ1v) is 7.60. The highest BCUT2D eigenvalue weighted by atomic mass is 16.5. The third kappa shape index (κ3) is 4.33. The molecule has 0 fully saturated rings. The van der Waals surface area contributed by atoms with Gasteiger partial charge in [-0.3, -0.25) is 4.98 Å². The van der Waals surface area contributed by atoms with E-state index in [1.165, 1.54) is 0 Å². The Morgan fingerprint density at radius 2 is 2.05 bits per heavy atom. The molecule has 4 nitrogen and oxygen atoms in total. The summed E-state index contributed by atoms with van der Waals surface area (Å²) < 4.78 is 11.1. The highest BCUT2D eigenvalue weighted by Gasteiger charge is 2.16. The maximum Gasteiger partial charge on any atom is 0.137 e. The van der Waals surface area contributed by atoms with E-state index in [1.807, 2.05) is 19.4 Å². The molecule has 4 heteroatoms. The summed E-state index contributed by atoms with van der Waals surface area (Å²) in [6, 6.07) is 4.20. The van der Waals surface area contributed by atoms with Crippen LogP contribution in [0.25, 0.3) is 0 Å². The van der Waals surface area contributed by atoms with Gasteiger partial charge in [-0.25, -0.2) is 0 Å². The van der Waals surface area contributed by atoms with Crippen LogP contribution >= 0.6 is 0 Å². The molecule has 2 rings (SSSR count). The van der Waals surface area contributed by atoms with Gasteiger partial charge in [-0.15, -0.1) is 0 Å². The van der Waals surface area contributed by atoms with E-state index in [2.05, 4.69) is 36.3 Å². The van der Waals surface area contributed by atoms with Crippen molar-refractivity contribution in [1.82, 2.24) is 10.3 Å². The van der Waals surface area contributed by atoms with Crippen LogP contribution in [-0.4, -0.2) is 18.1 Å². The van der Waals surface area contributed by atoms with Crippen LogP contribution in [0.4, 0.5) is 0 Å². The number of pyridine rings is 1. The zero-order valence-electron chi connectivity index (χ0n) is 13.1. The lowest BCUT2D eigenvalue weighted by atomic mass is 10.0. The molecule has 1 atom stereocenters. The number of aromatic nitrogens is 1. The molecule has 0 amide bonds. The minimum Gasteiger partial charge on any atom is -0.492 e. The quantitative estimate of drug-likeness (QED) is 0.801. The summed E-state index contributed by atoms with van der Waals surface area (Å²) in [4.78, 5) is 4.30. The number of ether oxygens (including phenoxy) is 1. The second-order valence-electron chi connectivity index (χ2n) is 5.18. The molecule has 0 saturated heterocycles. The number of hydrogen-bond acceptors (Lipinski definition) is 4. The molecule has 21 heavy (non-hydrogen) atoms. The molecular weight excluding hydrogens is 264 g/mol. The smallest absolute Gasteiger partial charge is 0.137 e. The maximum absolute atomic E-state index is 5.68. The average molecular weight is 288 g/mol. The molecule has 1 N–H and O–H groups in total. The van der Waals surface area contributed by atoms with E-state index in [9.17, 15) is 0 Å². The van der Waals surface area contributed by atoms with Crippen molar-refractivity contribution in [1.29, 1.82) is 0 Å². The molecule has 2 aromatic rings. The van der Waals surface area contributed by atoms with E-state index in [0.717, 1.165) is 42.0 Å². The molecule has 0 aliphatic heterocycles.